The van der Waals surface area contributed by atoms with Gasteiger partial charge in [0.05, 0.1) is 6.33 Å². The second kappa shape index (κ2) is 11.0. The second-order valence-electron chi connectivity index (χ2n) is 8.22. The van der Waals surface area contributed by atoms with Gasteiger partial charge >= 0.3 is 0 Å². The van der Waals surface area contributed by atoms with Gasteiger partial charge in [0.2, 0.25) is 11.7 Å². The van der Waals surface area contributed by atoms with Crippen molar-refractivity contribution in [3.8, 4) is 11.8 Å². The molecule has 9 nitrogen and oxygen atoms in total. The van der Waals surface area contributed by atoms with Crippen molar-refractivity contribution in [1.82, 2.24) is 24.8 Å². The number of rotatable bonds is 8. The molecule has 1 amide bonds. The van der Waals surface area contributed by atoms with Crippen LogP contribution in [0, 0.1) is 23.7 Å². The number of aromatic nitrogens is 4. The van der Waals surface area contributed by atoms with E-state index in [1.165, 1.54) is 0 Å². The molecule has 0 saturated heterocycles. The molecule has 1 fully saturated rings. The number of anilines is 1. The van der Waals surface area contributed by atoms with Crippen molar-refractivity contribution in [2.75, 3.05) is 18.9 Å². The van der Waals surface area contributed by atoms with Crippen molar-refractivity contribution in [3.05, 3.63) is 12.2 Å². The maximum atomic E-state index is 11.8. The summed E-state index contributed by atoms with van der Waals surface area (Å²) in [4.78, 5) is 36.5. The Morgan fingerprint density at radius 3 is 2.69 bits per heavy atom. The number of hydrogen-bond donors (Lipinski definition) is 2. The second-order valence-corrected chi connectivity index (χ2v) is 8.22. The van der Waals surface area contributed by atoms with Crippen molar-refractivity contribution in [1.29, 1.82) is 0 Å². The Morgan fingerprint density at radius 2 is 2.03 bits per heavy atom. The number of hydrogen-bond acceptors (Lipinski definition) is 7. The summed E-state index contributed by atoms with van der Waals surface area (Å²) >= 11 is 0. The normalized spacial score (nSPS) is 19.2. The monoisotopic (exact) mass is 440 g/mol. The Kier molecular flexibility index (Phi) is 8.17. The van der Waals surface area contributed by atoms with E-state index in [1.807, 2.05) is 13.8 Å². The van der Waals surface area contributed by atoms with Crippen LogP contribution in [0.4, 0.5) is 5.82 Å². The summed E-state index contributed by atoms with van der Waals surface area (Å²) in [7, 11) is 0. The molecule has 1 atom stereocenters. The zero-order chi connectivity index (χ0) is 23.1. The van der Waals surface area contributed by atoms with Crippen LogP contribution in [0.1, 0.15) is 71.3 Å². The molecule has 0 unspecified atom stereocenters. The van der Waals surface area contributed by atoms with Crippen LogP contribution < -0.4 is 11.1 Å². The summed E-state index contributed by atoms with van der Waals surface area (Å²) in [5, 5.41) is 2.71. The molecule has 0 spiro atoms. The molecule has 9 heteroatoms. The fourth-order valence-electron chi connectivity index (χ4n) is 4.07. The molecule has 1 saturated carbocycles. The number of amides is 1. The summed E-state index contributed by atoms with van der Waals surface area (Å²) in [6.45, 7) is 6.00. The van der Waals surface area contributed by atoms with Gasteiger partial charge in [-0.15, -0.1) is 0 Å². The van der Waals surface area contributed by atoms with E-state index in [4.69, 9.17) is 10.5 Å². The quantitative estimate of drug-likeness (QED) is 0.604. The molecule has 0 bridgehead atoms. The molecular formula is C23H32N6O3. The Bertz CT molecular complexity index is 1010. The van der Waals surface area contributed by atoms with E-state index in [9.17, 15) is 9.59 Å². The van der Waals surface area contributed by atoms with E-state index in [0.29, 0.717) is 41.7 Å². The topological polar surface area (TPSA) is 125 Å². The fourth-order valence-corrected chi connectivity index (χ4v) is 4.07. The van der Waals surface area contributed by atoms with E-state index in [2.05, 4.69) is 32.1 Å². The highest BCUT2D eigenvalue weighted by Crippen LogP contribution is 2.31. The van der Waals surface area contributed by atoms with Crippen molar-refractivity contribution >= 4 is 28.7 Å². The predicted octanol–water partition coefficient (Wildman–Crippen LogP) is 2.61. The highest BCUT2D eigenvalue weighted by Gasteiger charge is 2.23. The van der Waals surface area contributed by atoms with Gasteiger partial charge in [-0.3, -0.25) is 14.2 Å². The highest BCUT2D eigenvalue weighted by atomic mass is 16.5. The largest absolute Gasteiger partial charge is 0.382 e. The lowest BCUT2D eigenvalue weighted by Crippen LogP contribution is -2.28. The Balaban J connectivity index is 1.71. The predicted molar refractivity (Wildman–Crippen MR) is 121 cm³/mol. The number of nitrogens with zero attached hydrogens (tertiary/aromatic N) is 4. The van der Waals surface area contributed by atoms with E-state index in [0.717, 1.165) is 32.1 Å². The van der Waals surface area contributed by atoms with Crippen molar-refractivity contribution in [2.24, 2.45) is 11.8 Å². The summed E-state index contributed by atoms with van der Waals surface area (Å²) in [5.74, 6) is 7.66. The molecule has 32 heavy (non-hydrogen) atoms. The molecular weight excluding hydrogens is 408 g/mol. The lowest BCUT2D eigenvalue weighted by molar-refractivity contribution is -0.129. The number of nitrogens with two attached hydrogens (primary N) is 1. The average Bonchev–Trinajstić information content (AvgIpc) is 3.19. The van der Waals surface area contributed by atoms with Crippen LogP contribution in [0.3, 0.4) is 0 Å². The Morgan fingerprint density at radius 1 is 1.28 bits per heavy atom. The maximum Gasteiger partial charge on any atom is 0.246 e. The zero-order valence-electron chi connectivity index (χ0n) is 19.1. The summed E-state index contributed by atoms with van der Waals surface area (Å²) < 4.78 is 7.54. The molecule has 1 aliphatic carbocycles. The fraction of sp³-hybridized carbons (Fsp3) is 0.609. The summed E-state index contributed by atoms with van der Waals surface area (Å²) in [6, 6.07) is 0. The number of nitrogen functional groups attached to an aromatic ring is 1. The molecule has 0 radical (unpaired) electrons. The van der Waals surface area contributed by atoms with Crippen molar-refractivity contribution in [3.63, 3.8) is 0 Å². The van der Waals surface area contributed by atoms with Gasteiger partial charge in [0.1, 0.15) is 24.1 Å². The molecule has 3 rings (SSSR count). The van der Waals surface area contributed by atoms with Gasteiger partial charge < -0.3 is 15.8 Å². The Labute approximate surface area is 188 Å². The van der Waals surface area contributed by atoms with Gasteiger partial charge in [-0.05, 0) is 57.8 Å². The van der Waals surface area contributed by atoms with Crippen LogP contribution >= 0.6 is 0 Å². The standard InChI is InChI=1S/C23H32N6O3/c1-4-20(32-13-19(31)25-5-2)29-14-26-21-22(24)27-18(28-23(21)29)8-6-7-16-9-11-17(12-10-16)15(3)30/h14,16-17,20H,4-5,7,9-13H2,1-3H3,(H,25,31)(H2,24,27,28)/t16?,17?,20-/m1/s1. The van der Waals surface area contributed by atoms with Crippen LogP contribution in [-0.2, 0) is 14.3 Å². The molecule has 3 N–H and O–H groups in total. The third-order valence-electron chi connectivity index (χ3n) is 5.90. The molecule has 0 aliphatic heterocycles. The number of fused-ring (bicyclic) bond motifs is 1. The molecule has 2 aromatic heterocycles. The molecule has 0 aromatic carbocycles. The minimum absolute atomic E-state index is 0.0505. The van der Waals surface area contributed by atoms with Crippen molar-refractivity contribution < 1.29 is 14.3 Å². The third-order valence-corrected chi connectivity index (χ3v) is 5.90. The third kappa shape index (κ3) is 5.82. The Hall–Kier alpha value is -2.99. The minimum Gasteiger partial charge on any atom is -0.382 e. The minimum atomic E-state index is -0.408. The van der Waals surface area contributed by atoms with Gasteiger partial charge in [0, 0.05) is 18.9 Å². The summed E-state index contributed by atoms with van der Waals surface area (Å²) in [5.41, 5.74) is 7.12. The van der Waals surface area contributed by atoms with Crippen molar-refractivity contribution in [2.45, 2.75) is 65.5 Å². The van der Waals surface area contributed by atoms with Crippen LogP contribution in [0.25, 0.3) is 11.2 Å². The van der Waals surface area contributed by atoms with Gasteiger partial charge in [-0.2, -0.15) is 0 Å². The molecule has 2 heterocycles. The molecule has 2 aromatic rings. The number of ether oxygens (including phenoxy) is 1. The van der Waals surface area contributed by atoms with E-state index in [-0.39, 0.29) is 24.2 Å². The first-order valence-corrected chi connectivity index (χ1v) is 11.3. The van der Waals surface area contributed by atoms with Gasteiger partial charge in [0.25, 0.3) is 0 Å². The van der Waals surface area contributed by atoms with E-state index in [1.54, 1.807) is 17.8 Å². The number of nitrogens with one attached hydrogen (secondary N) is 1. The van der Waals surface area contributed by atoms with Crippen LogP contribution in [0.2, 0.25) is 0 Å². The van der Waals surface area contributed by atoms with Crippen LogP contribution in [0.15, 0.2) is 6.33 Å². The average molecular weight is 441 g/mol. The van der Waals surface area contributed by atoms with Crippen LogP contribution in [0.5, 0.6) is 0 Å². The number of likely N-dealkylation sites (N-methyl/N-ethyl adjacent to an activating group) is 1. The lowest BCUT2D eigenvalue weighted by Gasteiger charge is -2.25. The smallest absolute Gasteiger partial charge is 0.246 e. The lowest BCUT2D eigenvalue weighted by atomic mass is 9.79. The maximum absolute atomic E-state index is 11.8. The van der Waals surface area contributed by atoms with E-state index < -0.39 is 6.23 Å². The number of carbonyl (C=O) groups excluding carboxylic acids is 2. The number of Topliss-reactive ketones (excluding diaryl/α,β-unsaturated/α-hetero) is 1. The first-order valence-electron chi connectivity index (χ1n) is 11.3. The molecule has 172 valence electrons. The van der Waals surface area contributed by atoms with Gasteiger partial charge in [0.15, 0.2) is 11.5 Å². The van der Waals surface area contributed by atoms with E-state index >= 15 is 0 Å². The summed E-state index contributed by atoms with van der Waals surface area (Å²) in [6.07, 6.45) is 6.51. The number of ketones is 1. The van der Waals surface area contributed by atoms with Gasteiger partial charge in [-0.25, -0.2) is 15.0 Å². The highest BCUT2D eigenvalue weighted by molar-refractivity contribution is 5.82. The van der Waals surface area contributed by atoms with Crippen LogP contribution in [-0.4, -0.2) is 44.4 Å². The number of carbonyl (C=O) groups is 2. The first-order chi connectivity index (χ1) is 15.4. The SMILES string of the molecule is CCNC(=O)CO[C@H](CC)n1cnc2c(N)nc(C#CCC3CCC(C(C)=O)CC3)nc21. The van der Waals surface area contributed by atoms with Gasteiger partial charge in [-0.1, -0.05) is 12.8 Å². The molecule has 1 aliphatic rings. The number of imidazole rings is 1. The zero-order valence-corrected chi connectivity index (χ0v) is 19.1. The first kappa shape index (κ1) is 23.7.